The molecule has 0 unspecified atom stereocenters. The summed E-state index contributed by atoms with van der Waals surface area (Å²) in [6.45, 7) is 3.16. The fraction of sp³-hybridized carbons (Fsp3) is 0.833. The fourth-order valence-corrected chi connectivity index (χ4v) is 1.34. The van der Waals surface area contributed by atoms with Crippen molar-refractivity contribution >= 4 is 12.1 Å². The average molecular weight is 260 g/mol. The number of rotatable bonds is 10. The number of hydrogen-bond donors (Lipinski definition) is 2. The number of amides is 1. The number of alkyl carbamates (subject to hydrolysis) is 1. The first-order valence-electron chi connectivity index (χ1n) is 6.35. The minimum absolute atomic E-state index is 0.0909. The Morgan fingerprint density at radius 3 is 2.17 bits per heavy atom. The maximum absolute atomic E-state index is 11.1. The summed E-state index contributed by atoms with van der Waals surface area (Å²) in [6.07, 6.45) is 3.89. The largest absolute Gasteiger partial charge is 0.462 e. The molecule has 2 N–H and O–H groups in total. The molecule has 0 aromatic heterocycles. The molecule has 6 heteroatoms. The van der Waals surface area contributed by atoms with E-state index in [0.29, 0.717) is 6.54 Å². The third-order valence-electron chi connectivity index (χ3n) is 2.24. The van der Waals surface area contributed by atoms with E-state index in [2.05, 4.69) is 15.4 Å². The predicted octanol–water partition coefficient (Wildman–Crippen LogP) is 1.06. The van der Waals surface area contributed by atoms with Gasteiger partial charge in [-0.05, 0) is 26.4 Å². The molecule has 0 aliphatic heterocycles. The maximum Gasteiger partial charge on any atom is 0.407 e. The molecule has 1 amide bonds. The van der Waals surface area contributed by atoms with Gasteiger partial charge in [-0.15, -0.1) is 0 Å². The summed E-state index contributed by atoms with van der Waals surface area (Å²) in [4.78, 5) is 21.6. The van der Waals surface area contributed by atoms with Gasteiger partial charge in [-0.2, -0.15) is 0 Å². The molecule has 6 nitrogen and oxygen atoms in total. The molecule has 0 aliphatic rings. The van der Waals surface area contributed by atoms with Gasteiger partial charge in [-0.1, -0.05) is 12.8 Å². The second-order valence-corrected chi connectivity index (χ2v) is 3.92. The number of esters is 1. The molecule has 0 aliphatic carbocycles. The summed E-state index contributed by atoms with van der Waals surface area (Å²) in [5.74, 6) is -0.374. The number of carbonyl (C=O) groups excluding carboxylic acids is 2. The molecule has 106 valence electrons. The van der Waals surface area contributed by atoms with Gasteiger partial charge in [0.2, 0.25) is 0 Å². The molecule has 0 saturated carbocycles. The van der Waals surface area contributed by atoms with E-state index < -0.39 is 6.09 Å². The molecule has 0 aromatic rings. The minimum Gasteiger partial charge on any atom is -0.462 e. The molecule has 0 radical (unpaired) electrons. The summed E-state index contributed by atoms with van der Waals surface area (Å²) >= 11 is 0. The highest BCUT2D eigenvalue weighted by molar-refractivity contribution is 5.67. The van der Waals surface area contributed by atoms with Gasteiger partial charge in [0.1, 0.15) is 13.2 Å². The zero-order valence-corrected chi connectivity index (χ0v) is 11.3. The van der Waals surface area contributed by atoms with Crippen LogP contribution in [0.15, 0.2) is 0 Å². The van der Waals surface area contributed by atoms with Crippen LogP contribution in [-0.4, -0.2) is 45.4 Å². The van der Waals surface area contributed by atoms with Crippen LogP contribution in [0.25, 0.3) is 0 Å². The van der Waals surface area contributed by atoms with E-state index in [4.69, 9.17) is 4.74 Å². The topological polar surface area (TPSA) is 76.7 Å². The Hall–Kier alpha value is -1.30. The predicted molar refractivity (Wildman–Crippen MR) is 68.4 cm³/mol. The zero-order chi connectivity index (χ0) is 13.6. The van der Waals surface area contributed by atoms with Gasteiger partial charge < -0.3 is 20.1 Å². The Morgan fingerprint density at radius 1 is 0.944 bits per heavy atom. The second-order valence-electron chi connectivity index (χ2n) is 3.92. The first-order valence-corrected chi connectivity index (χ1v) is 6.35. The van der Waals surface area contributed by atoms with Crippen molar-refractivity contribution in [1.82, 2.24) is 10.6 Å². The minimum atomic E-state index is -0.461. The van der Waals surface area contributed by atoms with E-state index in [-0.39, 0.29) is 19.2 Å². The molecule has 0 aromatic carbocycles. The Labute approximate surface area is 108 Å². The van der Waals surface area contributed by atoms with Crippen molar-refractivity contribution in [2.75, 3.05) is 33.4 Å². The molecule has 0 heterocycles. The van der Waals surface area contributed by atoms with Crippen molar-refractivity contribution in [3.8, 4) is 0 Å². The van der Waals surface area contributed by atoms with Gasteiger partial charge in [0.25, 0.3) is 0 Å². The molecular weight excluding hydrogens is 236 g/mol. The average Bonchev–Trinajstić information content (AvgIpc) is 2.33. The fourth-order valence-electron chi connectivity index (χ4n) is 1.34. The Morgan fingerprint density at radius 2 is 1.56 bits per heavy atom. The van der Waals surface area contributed by atoms with Crippen molar-refractivity contribution in [2.45, 2.75) is 32.6 Å². The Bertz CT molecular complexity index is 234. The lowest BCUT2D eigenvalue weighted by molar-refractivity contribution is -0.141. The molecule has 0 saturated heterocycles. The summed E-state index contributed by atoms with van der Waals surface area (Å²) in [5.41, 5.74) is 0. The van der Waals surface area contributed by atoms with Crippen molar-refractivity contribution in [3.63, 3.8) is 0 Å². The maximum atomic E-state index is 11.1. The third-order valence-corrected chi connectivity index (χ3v) is 2.24. The van der Waals surface area contributed by atoms with Gasteiger partial charge in [-0.3, -0.25) is 4.79 Å². The number of ether oxygens (including phenoxy) is 2. The number of carbonyl (C=O) groups is 2. The first-order chi connectivity index (χ1) is 8.66. The summed E-state index contributed by atoms with van der Waals surface area (Å²) in [7, 11) is 1.94. The second kappa shape index (κ2) is 12.2. The van der Waals surface area contributed by atoms with Crippen LogP contribution in [0.4, 0.5) is 4.79 Å². The van der Waals surface area contributed by atoms with Crippen molar-refractivity contribution < 1.29 is 19.1 Å². The lowest BCUT2D eigenvalue weighted by Gasteiger charge is -2.07. The summed E-state index contributed by atoms with van der Waals surface area (Å²) in [6, 6.07) is 0. The van der Waals surface area contributed by atoms with Crippen LogP contribution in [0.1, 0.15) is 32.6 Å². The zero-order valence-electron chi connectivity index (χ0n) is 11.3. The van der Waals surface area contributed by atoms with E-state index >= 15 is 0 Å². The standard InChI is InChI=1S/C12H24N2O4/c1-11(15)17-9-10-18-12(16)14-8-6-4-3-5-7-13-2/h13H,3-10H2,1-2H3,(H,14,16). The Balaban J connectivity index is 3.19. The molecule has 18 heavy (non-hydrogen) atoms. The van der Waals surface area contributed by atoms with Gasteiger partial charge in [0, 0.05) is 13.5 Å². The van der Waals surface area contributed by atoms with E-state index in [1.807, 2.05) is 7.05 Å². The van der Waals surface area contributed by atoms with Crippen LogP contribution in [0, 0.1) is 0 Å². The molecule has 0 spiro atoms. The van der Waals surface area contributed by atoms with Crippen molar-refractivity contribution in [2.24, 2.45) is 0 Å². The number of hydrogen-bond acceptors (Lipinski definition) is 5. The monoisotopic (exact) mass is 260 g/mol. The van der Waals surface area contributed by atoms with E-state index in [0.717, 1.165) is 32.2 Å². The summed E-state index contributed by atoms with van der Waals surface area (Å²) in [5, 5.41) is 5.73. The normalized spacial score (nSPS) is 9.89. The summed E-state index contributed by atoms with van der Waals surface area (Å²) < 4.78 is 9.42. The van der Waals surface area contributed by atoms with E-state index in [1.54, 1.807) is 0 Å². The van der Waals surface area contributed by atoms with Crippen LogP contribution in [0.3, 0.4) is 0 Å². The van der Waals surface area contributed by atoms with E-state index in [1.165, 1.54) is 6.92 Å². The molecule has 0 bridgehead atoms. The van der Waals surface area contributed by atoms with Crippen LogP contribution in [-0.2, 0) is 14.3 Å². The Kier molecular flexibility index (Phi) is 11.3. The van der Waals surface area contributed by atoms with Crippen molar-refractivity contribution in [1.29, 1.82) is 0 Å². The van der Waals surface area contributed by atoms with Crippen LogP contribution >= 0.6 is 0 Å². The quantitative estimate of drug-likeness (QED) is 0.453. The SMILES string of the molecule is CNCCCCCCNC(=O)OCCOC(C)=O. The van der Waals surface area contributed by atoms with Crippen LogP contribution < -0.4 is 10.6 Å². The highest BCUT2D eigenvalue weighted by Crippen LogP contribution is 1.97. The molecular formula is C12H24N2O4. The highest BCUT2D eigenvalue weighted by Gasteiger charge is 2.01. The first kappa shape index (κ1) is 16.7. The van der Waals surface area contributed by atoms with Crippen molar-refractivity contribution in [3.05, 3.63) is 0 Å². The highest BCUT2D eigenvalue weighted by atomic mass is 16.6. The van der Waals surface area contributed by atoms with Crippen LogP contribution in [0.5, 0.6) is 0 Å². The molecule has 0 fully saturated rings. The van der Waals surface area contributed by atoms with Gasteiger partial charge >= 0.3 is 12.1 Å². The third kappa shape index (κ3) is 12.8. The van der Waals surface area contributed by atoms with Gasteiger partial charge in [-0.25, -0.2) is 4.79 Å². The van der Waals surface area contributed by atoms with Gasteiger partial charge in [0.05, 0.1) is 0 Å². The lowest BCUT2D eigenvalue weighted by atomic mass is 10.2. The number of unbranched alkanes of at least 4 members (excludes halogenated alkanes) is 3. The number of nitrogens with one attached hydrogen (secondary N) is 2. The lowest BCUT2D eigenvalue weighted by Crippen LogP contribution is -2.26. The van der Waals surface area contributed by atoms with Crippen LogP contribution in [0.2, 0.25) is 0 Å². The molecule has 0 rings (SSSR count). The van der Waals surface area contributed by atoms with Gasteiger partial charge in [0.15, 0.2) is 0 Å². The molecule has 0 atom stereocenters. The van der Waals surface area contributed by atoms with E-state index in [9.17, 15) is 9.59 Å². The smallest absolute Gasteiger partial charge is 0.407 e.